The number of aliphatic hydroxyl groups is 1. The largest absolute Gasteiger partial charge is 0.496 e. The zero-order valence-electron chi connectivity index (χ0n) is 27.4. The van der Waals surface area contributed by atoms with Crippen LogP contribution in [0.5, 0.6) is 5.75 Å². The predicted octanol–water partition coefficient (Wildman–Crippen LogP) is 6.10. The third-order valence-corrected chi connectivity index (χ3v) is 4.68. The molecule has 2 rings (SSSR count). The maximum absolute atomic E-state index is 11.0. The average molecular weight is 717 g/mol. The fourth-order valence-electron chi connectivity index (χ4n) is 2.67. The van der Waals surface area contributed by atoms with E-state index in [4.69, 9.17) is 43.5 Å². The lowest BCUT2D eigenvalue weighted by Crippen LogP contribution is -2.02. The molecule has 12 nitrogen and oxygen atoms in total. The van der Waals surface area contributed by atoms with Gasteiger partial charge < -0.3 is 35.1 Å². The summed E-state index contributed by atoms with van der Waals surface area (Å²) in [6.07, 6.45) is 2.71. The number of hydrogen-bond donors (Lipinski definition) is 3. The molecule has 0 unspecified atom stereocenters. The number of anilines is 2. The van der Waals surface area contributed by atoms with Crippen LogP contribution in [0.1, 0.15) is 45.4 Å². The van der Waals surface area contributed by atoms with Crippen molar-refractivity contribution in [3.63, 3.8) is 0 Å². The van der Waals surface area contributed by atoms with Crippen molar-refractivity contribution in [3.05, 3.63) is 64.9 Å². The fourth-order valence-corrected chi connectivity index (χ4v) is 2.67. The lowest BCUT2D eigenvalue weighted by molar-refractivity contribution is -0.191. The molecule has 0 fully saturated rings. The number of benzene rings is 2. The number of esters is 3. The minimum absolute atomic E-state index is 0. The number of allylic oxidation sites excluding steroid dienone is 1. The molecule has 0 aliphatic heterocycles. The van der Waals surface area contributed by atoms with Gasteiger partial charge in [0.25, 0.3) is 0 Å². The van der Waals surface area contributed by atoms with E-state index in [0.717, 1.165) is 36.2 Å². The Morgan fingerprint density at radius 2 is 1.27 bits per heavy atom. The highest BCUT2D eigenvalue weighted by atomic mass is 20.0. The van der Waals surface area contributed by atoms with Crippen molar-refractivity contribution in [3.8, 4) is 17.6 Å². The molecule has 282 valence electrons. The van der Waals surface area contributed by atoms with Crippen molar-refractivity contribution in [1.29, 1.82) is 0 Å². The first-order chi connectivity index (χ1) is 21.9. The van der Waals surface area contributed by atoms with E-state index in [1.165, 1.54) is 38.5 Å². The number of carbonyl (C=O) groups excluding carboxylic acids is 5. The predicted molar refractivity (Wildman–Crippen MR) is 177 cm³/mol. The molecule has 17 heteroatoms. The molecule has 0 aromatic heterocycles. The van der Waals surface area contributed by atoms with E-state index in [-0.39, 0.29) is 31.7 Å². The molecule has 2 aromatic rings. The van der Waals surface area contributed by atoms with Crippen LogP contribution in [-0.4, -0.2) is 64.7 Å². The number of nitrogens with two attached hydrogens (primary N) is 1. The minimum atomic E-state index is -0.759. The molecule has 0 heterocycles. The number of halogens is 5. The highest BCUT2D eigenvalue weighted by molar-refractivity contribution is 5.98. The molecule has 0 aliphatic rings. The molecule has 0 bridgehead atoms. The van der Waals surface area contributed by atoms with Gasteiger partial charge in [-0.3, -0.25) is 4.70 Å². The van der Waals surface area contributed by atoms with Crippen molar-refractivity contribution < 1.29 is 71.0 Å². The number of ether oxygens (including phenoxy) is 4. The summed E-state index contributed by atoms with van der Waals surface area (Å²) in [7, 11) is 6.33. The molecule has 4 N–H and O–H groups in total. The normalized spacial score (nSPS) is 7.76. The summed E-state index contributed by atoms with van der Waals surface area (Å²) in [4.78, 5) is 47.7. The molecule has 0 atom stereocenters. The lowest BCUT2D eigenvalue weighted by atomic mass is 10.1. The van der Waals surface area contributed by atoms with Crippen LogP contribution in [0.4, 0.5) is 34.4 Å². The summed E-state index contributed by atoms with van der Waals surface area (Å²) in [5.74, 6) is 2.70. The van der Waals surface area contributed by atoms with Gasteiger partial charge in [-0.1, -0.05) is 33.9 Å². The van der Waals surface area contributed by atoms with Gasteiger partial charge in [0.2, 0.25) is 0 Å². The van der Waals surface area contributed by atoms with Gasteiger partial charge in [-0.2, -0.15) is 9.59 Å². The van der Waals surface area contributed by atoms with Crippen molar-refractivity contribution in [2.75, 3.05) is 46.6 Å². The van der Waals surface area contributed by atoms with Gasteiger partial charge in [0.05, 0.1) is 28.4 Å². The quantitative estimate of drug-likeness (QED) is 0.0617. The van der Waals surface area contributed by atoms with Gasteiger partial charge in [0, 0.05) is 66.5 Å². The van der Waals surface area contributed by atoms with E-state index in [0.29, 0.717) is 5.70 Å². The Kier molecular flexibility index (Phi) is 56.9. The van der Waals surface area contributed by atoms with Crippen LogP contribution in [0.3, 0.4) is 0 Å². The van der Waals surface area contributed by atoms with Crippen LogP contribution < -0.4 is 15.8 Å². The molecule has 49 heavy (non-hydrogen) atoms. The molecule has 0 radical (unpaired) electrons. The van der Waals surface area contributed by atoms with Crippen molar-refractivity contribution in [2.45, 2.75) is 49.0 Å². The van der Waals surface area contributed by atoms with Crippen molar-refractivity contribution in [2.24, 2.45) is 0 Å². The molecule has 0 spiro atoms. The highest BCUT2D eigenvalue weighted by Gasteiger charge is 2.02. The molecule has 0 amide bonds. The van der Waals surface area contributed by atoms with E-state index >= 15 is 0 Å². The zero-order valence-corrected chi connectivity index (χ0v) is 27.4. The summed E-state index contributed by atoms with van der Waals surface area (Å²) in [5.41, 5.74) is 11.8. The maximum Gasteiger partial charge on any atom is 0.384 e. The average Bonchev–Trinajstić information content (AvgIpc) is 3.08. The summed E-state index contributed by atoms with van der Waals surface area (Å²) in [6.45, 7) is 8.02. The van der Waals surface area contributed by atoms with E-state index < -0.39 is 11.9 Å². The summed E-state index contributed by atoms with van der Waals surface area (Å²) < 4.78 is 50.0. The van der Waals surface area contributed by atoms with Crippen LogP contribution in [0.15, 0.2) is 48.2 Å². The van der Waals surface area contributed by atoms with Crippen LogP contribution in [0.25, 0.3) is 0 Å². The Hall–Kier alpha value is -5.46. The van der Waals surface area contributed by atoms with Crippen LogP contribution in [-0.2, 0) is 44.6 Å². The van der Waals surface area contributed by atoms with Crippen molar-refractivity contribution in [1.82, 2.24) is 0 Å². The Morgan fingerprint density at radius 3 is 1.61 bits per heavy atom. The summed E-state index contributed by atoms with van der Waals surface area (Å²) >= 11 is 0. The molecule has 0 saturated carbocycles. The van der Waals surface area contributed by atoms with E-state index in [9.17, 15) is 14.4 Å². The number of rotatable bonds is 5. The molecule has 0 aliphatic carbocycles. The smallest absolute Gasteiger partial charge is 0.384 e. The van der Waals surface area contributed by atoms with Crippen molar-refractivity contribution >= 4 is 35.4 Å². The van der Waals surface area contributed by atoms with E-state index in [1.807, 2.05) is 49.1 Å². The second kappa shape index (κ2) is 44.7. The fraction of sp³-hybridized carbons (Fsp3) is 0.375. The SMILES string of the molecule is C.C.CCc1cc(N)ccc1C.CO.COC(=O)/C=C(\C)Nc1ccc(C)c(OC)c1.COC(=O)C#CC(=O)OC.F.FF.FF.O=C=O. The third-order valence-electron chi connectivity index (χ3n) is 4.68. The number of aliphatic hydroxyl groups excluding tert-OH is 1. The summed E-state index contributed by atoms with van der Waals surface area (Å²) in [5, 5.41) is 10.1. The first kappa shape index (κ1) is 62.4. The van der Waals surface area contributed by atoms with Gasteiger partial charge in [0.1, 0.15) is 5.75 Å². The molecule has 2 aromatic carbocycles. The minimum Gasteiger partial charge on any atom is -0.496 e. The molecule has 0 saturated heterocycles. The van der Waals surface area contributed by atoms with Gasteiger partial charge in [0.15, 0.2) is 0 Å². The third kappa shape index (κ3) is 36.9. The van der Waals surface area contributed by atoms with Gasteiger partial charge in [-0.05, 0) is 62.1 Å². The molecular formula is C32H49F5N2O10. The topological polar surface area (TPSA) is 181 Å². The Labute approximate surface area is 284 Å². The lowest BCUT2D eigenvalue weighted by Gasteiger charge is -2.10. The van der Waals surface area contributed by atoms with Crippen LogP contribution in [0.2, 0.25) is 0 Å². The first-order valence-corrected chi connectivity index (χ1v) is 12.4. The Morgan fingerprint density at radius 1 is 0.837 bits per heavy atom. The van der Waals surface area contributed by atoms with Crippen LogP contribution >= 0.6 is 0 Å². The van der Waals surface area contributed by atoms with Gasteiger partial charge in [-0.25, -0.2) is 14.4 Å². The van der Waals surface area contributed by atoms with E-state index in [2.05, 4.69) is 39.4 Å². The second-order valence-electron chi connectivity index (χ2n) is 7.52. The van der Waals surface area contributed by atoms with E-state index in [1.54, 1.807) is 14.0 Å². The standard InChI is InChI=1S/C13H17NO3.C9H13N.C6H6O4.CO2.CH4O.2CH4.2F2.FH/c1-9-5-6-11(8-12(9)16-3)14-10(2)7-13(15)17-4;1-3-8-6-9(10)5-4-7(8)2;1-9-5(7)3-4-6(8)10-2;2-1-3;1-2;;;2*1-2;/h5-8,14H,1-4H3;4-6H,3,10H2,1-2H3;1-2H3;;2H,1H3;2*1H4;;;1H/b10-7+;;;;;;;;;. The number of hydrogen-bond acceptors (Lipinski definition) is 12. The first-order valence-electron chi connectivity index (χ1n) is 12.4. The number of methoxy groups -OCH3 is 4. The summed E-state index contributed by atoms with van der Waals surface area (Å²) in [6, 6.07) is 11.8. The number of aryl methyl sites for hydroxylation is 3. The number of nitrogen functional groups attached to an aromatic ring is 1. The highest BCUT2D eigenvalue weighted by Crippen LogP contribution is 2.23. The monoisotopic (exact) mass is 716 g/mol. The van der Waals surface area contributed by atoms with Gasteiger partial charge >= 0.3 is 24.1 Å². The zero-order chi connectivity index (χ0) is 37.1. The van der Waals surface area contributed by atoms with Gasteiger partial charge in [-0.15, -0.1) is 0 Å². The van der Waals surface area contributed by atoms with Crippen LogP contribution in [0, 0.1) is 25.7 Å². The maximum atomic E-state index is 11.0. The molecular weight excluding hydrogens is 667 g/mol. The Bertz CT molecular complexity index is 1240. The Balaban J connectivity index is -0.0000000769. The number of nitrogens with one attached hydrogen (secondary N) is 1. The second-order valence-corrected chi connectivity index (χ2v) is 7.52. The number of carbonyl (C=O) groups is 3.